The molecule has 2 aromatic heterocycles. The fraction of sp³-hybridized carbons (Fsp3) is 0.421. The molecule has 2 atom stereocenters. The number of anilines is 1. The zero-order chi connectivity index (χ0) is 26.9. The molecule has 4 rings (SSSR count). The molecule has 2 aromatic rings. The maximum absolute atomic E-state index is 13.0. The van der Waals surface area contributed by atoms with Crippen LogP contribution in [0.25, 0.3) is 5.57 Å². The number of carboxylic acid groups (broad SMARTS) is 1. The van der Waals surface area contributed by atoms with Crippen molar-refractivity contribution >= 4 is 86.6 Å². The largest absolute Gasteiger partial charge is 1.00 e. The number of aromatic nitrogens is 5. The number of amides is 2. The number of likely N-dealkylation sites (N-methyl/N-ethyl adjacent to an activating group) is 1. The summed E-state index contributed by atoms with van der Waals surface area (Å²) >= 11 is 15.5. The van der Waals surface area contributed by atoms with Gasteiger partial charge in [0.15, 0.2) is 5.13 Å². The van der Waals surface area contributed by atoms with Crippen molar-refractivity contribution in [2.24, 2.45) is 0 Å². The normalized spacial score (nSPS) is 18.6. The molecule has 2 amide bonds. The molecular formula is C19H20Cl2N9NaO4S3. The number of nitrogens with two attached hydrogens (primary N) is 1. The minimum absolute atomic E-state index is 0. The van der Waals surface area contributed by atoms with Crippen LogP contribution in [0.4, 0.5) is 5.13 Å². The van der Waals surface area contributed by atoms with Crippen molar-refractivity contribution in [1.82, 2.24) is 40.3 Å². The Morgan fingerprint density at radius 3 is 2.71 bits per heavy atom. The number of carbonyl (C=O) groups excluding carboxylic acids is 3. The molecule has 19 heteroatoms. The molecule has 0 saturated carbocycles. The van der Waals surface area contributed by atoms with Gasteiger partial charge in [0.1, 0.15) is 15.9 Å². The monoisotopic (exact) mass is 627 g/mol. The molecule has 1 fully saturated rings. The van der Waals surface area contributed by atoms with Crippen LogP contribution < -0.4 is 45.7 Å². The summed E-state index contributed by atoms with van der Waals surface area (Å²) in [5, 5.41) is 27.9. The zero-order valence-corrected chi connectivity index (χ0v) is 26.3. The van der Waals surface area contributed by atoms with E-state index in [-0.39, 0.29) is 61.9 Å². The third-order valence-corrected chi connectivity index (χ3v) is 8.79. The molecule has 2 aliphatic heterocycles. The summed E-state index contributed by atoms with van der Waals surface area (Å²) in [7, 11) is 3.86. The molecule has 38 heavy (non-hydrogen) atoms. The van der Waals surface area contributed by atoms with Gasteiger partial charge in [-0.2, -0.15) is 0 Å². The number of thiazole rings is 1. The molecule has 1 unspecified atom stereocenters. The Morgan fingerprint density at radius 2 is 2.11 bits per heavy atom. The maximum atomic E-state index is 13.0. The Balaban J connectivity index is 0.00000400. The molecule has 3 N–H and O–H groups in total. The molecule has 0 bridgehead atoms. The van der Waals surface area contributed by atoms with Gasteiger partial charge in [0.2, 0.25) is 5.16 Å². The second-order valence-electron chi connectivity index (χ2n) is 8.08. The van der Waals surface area contributed by atoms with Crippen LogP contribution in [0, 0.1) is 0 Å². The topological polar surface area (TPSA) is 175 Å². The van der Waals surface area contributed by atoms with Crippen LogP contribution in [0.2, 0.25) is 0 Å². The summed E-state index contributed by atoms with van der Waals surface area (Å²) in [6, 6.07) is -0.988. The summed E-state index contributed by atoms with van der Waals surface area (Å²) in [6.07, 6.45) is 0. The fourth-order valence-corrected chi connectivity index (χ4v) is 6.89. The van der Waals surface area contributed by atoms with Crippen LogP contribution in [0.1, 0.15) is 5.69 Å². The van der Waals surface area contributed by atoms with Crippen molar-refractivity contribution in [2.75, 3.05) is 37.9 Å². The molecule has 2 aliphatic rings. The van der Waals surface area contributed by atoms with Gasteiger partial charge in [-0.3, -0.25) is 14.5 Å². The number of nitrogens with zero attached hydrogens (tertiary/aromatic N) is 7. The summed E-state index contributed by atoms with van der Waals surface area (Å²) in [5.41, 5.74) is 5.95. The molecule has 4 heterocycles. The number of carbonyl (C=O) groups is 3. The van der Waals surface area contributed by atoms with Gasteiger partial charge in [0.05, 0.1) is 29.5 Å². The van der Waals surface area contributed by atoms with Crippen molar-refractivity contribution in [1.29, 1.82) is 0 Å². The Kier molecular flexibility index (Phi) is 10.9. The van der Waals surface area contributed by atoms with E-state index in [9.17, 15) is 19.5 Å². The summed E-state index contributed by atoms with van der Waals surface area (Å²) < 4.78 is 1.29. The van der Waals surface area contributed by atoms with Gasteiger partial charge in [-0.1, -0.05) is 35.0 Å². The number of carboxylic acids is 1. The number of β-lactam (4-membered cyclic amide) rings is 1. The van der Waals surface area contributed by atoms with E-state index in [1.165, 1.54) is 28.9 Å². The van der Waals surface area contributed by atoms with Gasteiger partial charge >= 0.3 is 29.6 Å². The SMILES string of the molecule is CN(C)CCn1nnnc1SCC1=C(C(=O)[O-])N2C(=O)C(NC(=O)C(=C(Cl)Cl)c3csc(N)n3)[C@@H]2SC1.[Na+]. The Bertz CT molecular complexity index is 1300. The minimum Gasteiger partial charge on any atom is -0.543 e. The van der Waals surface area contributed by atoms with Crippen LogP contribution in [-0.4, -0.2) is 96.3 Å². The van der Waals surface area contributed by atoms with E-state index in [1.54, 1.807) is 4.68 Å². The third kappa shape index (κ3) is 6.67. The predicted octanol–water partition coefficient (Wildman–Crippen LogP) is -3.38. The Hall–Kier alpha value is -1.37. The first-order chi connectivity index (χ1) is 17.6. The number of nitrogens with one attached hydrogen (secondary N) is 1. The standard InChI is InChI=1S/C19H21Cl2N9O4S3.Na/c1-28(2)3-4-29-19(25-26-27-29)37-6-8-5-35-16-11(15(32)30(16)12(8)17(33)34)24-14(31)10(13(20)21)9-7-36-18(22)23-9;/h7,11,16H,3-6H2,1-2H3,(H2,22,23)(H,24,31)(H,33,34);/q;+1/p-1/t11?,16-;/m0./s1. The summed E-state index contributed by atoms with van der Waals surface area (Å²) in [6.45, 7) is 1.29. The van der Waals surface area contributed by atoms with E-state index < -0.39 is 29.2 Å². The second kappa shape index (κ2) is 13.3. The first-order valence-corrected chi connectivity index (χ1v) is 14.2. The fourth-order valence-electron chi connectivity index (χ4n) is 3.58. The molecule has 0 aromatic carbocycles. The molecule has 0 radical (unpaired) electrons. The minimum atomic E-state index is -1.48. The number of aliphatic carboxylic acids is 1. The van der Waals surface area contributed by atoms with Gasteiger partial charge in [0.25, 0.3) is 11.8 Å². The average molecular weight is 629 g/mol. The Morgan fingerprint density at radius 1 is 1.37 bits per heavy atom. The molecule has 13 nitrogen and oxygen atoms in total. The number of hydrogen-bond acceptors (Lipinski definition) is 13. The molecular weight excluding hydrogens is 608 g/mol. The summed E-state index contributed by atoms with van der Waals surface area (Å²) in [5.74, 6) is -2.25. The van der Waals surface area contributed by atoms with Crippen LogP contribution in [0.5, 0.6) is 0 Å². The van der Waals surface area contributed by atoms with E-state index in [0.717, 1.165) is 22.8 Å². The van der Waals surface area contributed by atoms with Gasteiger partial charge in [-0.25, -0.2) is 9.67 Å². The number of halogens is 2. The first kappa shape index (κ1) is 31.2. The van der Waals surface area contributed by atoms with Crippen molar-refractivity contribution in [3.63, 3.8) is 0 Å². The van der Waals surface area contributed by atoms with Gasteiger partial charge in [-0.15, -0.1) is 28.2 Å². The van der Waals surface area contributed by atoms with Crippen molar-refractivity contribution in [2.45, 2.75) is 23.1 Å². The average Bonchev–Trinajstić information content (AvgIpc) is 3.47. The molecule has 0 aliphatic carbocycles. The number of tetrazole rings is 1. The van der Waals surface area contributed by atoms with Crippen LogP contribution >= 0.6 is 58.1 Å². The smallest absolute Gasteiger partial charge is 0.543 e. The first-order valence-electron chi connectivity index (χ1n) is 10.6. The van der Waals surface area contributed by atoms with Crippen molar-refractivity contribution in [3.05, 3.63) is 26.8 Å². The quantitative estimate of drug-likeness (QED) is 0.116. The maximum Gasteiger partial charge on any atom is 1.00 e. The molecule has 1 saturated heterocycles. The van der Waals surface area contributed by atoms with E-state index in [1.807, 2.05) is 19.0 Å². The van der Waals surface area contributed by atoms with Crippen LogP contribution in [-0.2, 0) is 20.9 Å². The van der Waals surface area contributed by atoms with Gasteiger partial charge in [0, 0.05) is 23.4 Å². The third-order valence-electron chi connectivity index (χ3n) is 5.35. The zero-order valence-electron chi connectivity index (χ0n) is 20.4. The molecule has 198 valence electrons. The number of hydrogen-bond donors (Lipinski definition) is 2. The number of nitrogen functional groups attached to an aromatic ring is 1. The van der Waals surface area contributed by atoms with E-state index >= 15 is 0 Å². The Labute approximate surface area is 261 Å². The van der Waals surface area contributed by atoms with Crippen molar-refractivity contribution < 1.29 is 49.0 Å². The van der Waals surface area contributed by atoms with Gasteiger partial charge < -0.3 is 25.9 Å². The van der Waals surface area contributed by atoms with E-state index in [0.29, 0.717) is 23.0 Å². The number of thioether (sulfide) groups is 2. The number of fused-ring (bicyclic) bond motifs is 1. The second-order valence-corrected chi connectivity index (χ2v) is 12.0. The van der Waals surface area contributed by atoms with E-state index in [4.69, 9.17) is 28.9 Å². The van der Waals surface area contributed by atoms with Crippen LogP contribution in [0.3, 0.4) is 0 Å². The molecule has 0 spiro atoms. The summed E-state index contributed by atoms with van der Waals surface area (Å²) in [4.78, 5) is 45.0. The van der Waals surface area contributed by atoms with E-state index in [2.05, 4.69) is 25.8 Å². The van der Waals surface area contributed by atoms with Crippen molar-refractivity contribution in [3.8, 4) is 0 Å². The van der Waals surface area contributed by atoms with Gasteiger partial charge in [-0.05, 0) is 30.1 Å². The predicted molar refractivity (Wildman–Crippen MR) is 139 cm³/mol. The van der Waals surface area contributed by atoms with Crippen LogP contribution in [0.15, 0.2) is 26.3 Å². The number of rotatable bonds is 10.